The molecule has 3 aromatic heterocycles. The van der Waals surface area contributed by atoms with Crippen molar-refractivity contribution in [2.24, 2.45) is 0 Å². The fourth-order valence-corrected chi connectivity index (χ4v) is 2.52. The molecule has 1 atom stereocenters. The number of hydrogen-bond acceptors (Lipinski definition) is 3. The van der Waals surface area contributed by atoms with E-state index in [9.17, 15) is 0 Å². The molecule has 0 bridgehead atoms. The molecule has 0 fully saturated rings. The second-order valence-corrected chi connectivity index (χ2v) is 5.25. The minimum absolute atomic E-state index is 0.123. The molecule has 0 aromatic carbocycles. The van der Waals surface area contributed by atoms with Gasteiger partial charge in [0.25, 0.3) is 0 Å². The van der Waals surface area contributed by atoms with Gasteiger partial charge in [-0.15, -0.1) is 0 Å². The molecule has 4 nitrogen and oxygen atoms in total. The fraction of sp³-hybridized carbons (Fsp3) is 0.294. The van der Waals surface area contributed by atoms with Crippen molar-refractivity contribution in [3.8, 4) is 0 Å². The first kappa shape index (κ1) is 13.8. The number of aryl methyl sites for hydroxylation is 1. The molecule has 0 aliphatic heterocycles. The Kier molecular flexibility index (Phi) is 3.97. The van der Waals surface area contributed by atoms with Crippen LogP contribution in [-0.2, 0) is 0 Å². The van der Waals surface area contributed by atoms with Crippen molar-refractivity contribution in [2.75, 3.05) is 6.54 Å². The second-order valence-electron chi connectivity index (χ2n) is 5.25. The highest BCUT2D eigenvalue weighted by Gasteiger charge is 2.17. The SMILES string of the molecule is CCCNC(c1ccc(C)nc1)c1cnn2ccccc12. The molecule has 3 aromatic rings. The van der Waals surface area contributed by atoms with E-state index < -0.39 is 0 Å². The highest BCUT2D eigenvalue weighted by atomic mass is 15.2. The summed E-state index contributed by atoms with van der Waals surface area (Å²) in [4.78, 5) is 4.43. The summed E-state index contributed by atoms with van der Waals surface area (Å²) in [5, 5.41) is 8.05. The van der Waals surface area contributed by atoms with Gasteiger partial charge in [0.15, 0.2) is 0 Å². The molecule has 0 aliphatic rings. The first-order valence-corrected chi connectivity index (χ1v) is 7.38. The summed E-state index contributed by atoms with van der Waals surface area (Å²) in [6.45, 7) is 5.14. The van der Waals surface area contributed by atoms with Crippen LogP contribution >= 0.6 is 0 Å². The van der Waals surface area contributed by atoms with Crippen LogP contribution in [0.25, 0.3) is 5.52 Å². The van der Waals surface area contributed by atoms with Crippen LogP contribution in [0, 0.1) is 6.92 Å². The van der Waals surface area contributed by atoms with E-state index in [0.717, 1.165) is 24.2 Å². The van der Waals surface area contributed by atoms with Crippen LogP contribution in [0.3, 0.4) is 0 Å². The number of pyridine rings is 2. The summed E-state index contributed by atoms with van der Waals surface area (Å²) >= 11 is 0. The highest BCUT2D eigenvalue weighted by Crippen LogP contribution is 2.25. The average Bonchev–Trinajstić information content (AvgIpc) is 2.93. The van der Waals surface area contributed by atoms with E-state index >= 15 is 0 Å². The number of hydrogen-bond donors (Lipinski definition) is 1. The van der Waals surface area contributed by atoms with Crippen molar-refractivity contribution >= 4 is 5.52 Å². The van der Waals surface area contributed by atoms with E-state index in [2.05, 4.69) is 40.5 Å². The van der Waals surface area contributed by atoms with Crippen molar-refractivity contribution in [3.05, 3.63) is 65.7 Å². The van der Waals surface area contributed by atoms with Crippen molar-refractivity contribution in [1.29, 1.82) is 0 Å². The highest BCUT2D eigenvalue weighted by molar-refractivity contribution is 5.56. The maximum atomic E-state index is 4.45. The lowest BCUT2D eigenvalue weighted by Crippen LogP contribution is -2.23. The summed E-state index contributed by atoms with van der Waals surface area (Å²) in [6, 6.07) is 10.5. The van der Waals surface area contributed by atoms with Gasteiger partial charge in [-0.1, -0.05) is 19.1 Å². The van der Waals surface area contributed by atoms with Gasteiger partial charge in [0.05, 0.1) is 17.8 Å². The van der Waals surface area contributed by atoms with Crippen LogP contribution in [0.2, 0.25) is 0 Å². The van der Waals surface area contributed by atoms with Crippen LogP contribution in [0.4, 0.5) is 0 Å². The van der Waals surface area contributed by atoms with Crippen LogP contribution in [0.15, 0.2) is 48.9 Å². The summed E-state index contributed by atoms with van der Waals surface area (Å²) < 4.78 is 1.91. The van der Waals surface area contributed by atoms with Gasteiger partial charge in [0.1, 0.15) is 0 Å². The minimum Gasteiger partial charge on any atom is -0.306 e. The van der Waals surface area contributed by atoms with Crippen molar-refractivity contribution in [2.45, 2.75) is 26.3 Å². The lowest BCUT2D eigenvalue weighted by Gasteiger charge is -2.18. The van der Waals surface area contributed by atoms with Crippen molar-refractivity contribution in [1.82, 2.24) is 19.9 Å². The predicted molar refractivity (Wildman–Crippen MR) is 84.3 cm³/mol. The van der Waals surface area contributed by atoms with Crippen LogP contribution < -0.4 is 5.32 Å². The molecule has 0 saturated carbocycles. The van der Waals surface area contributed by atoms with E-state index in [0.29, 0.717) is 0 Å². The Labute approximate surface area is 124 Å². The van der Waals surface area contributed by atoms with Gasteiger partial charge in [0, 0.05) is 23.7 Å². The minimum atomic E-state index is 0.123. The molecule has 0 saturated heterocycles. The Bertz CT molecular complexity index is 715. The van der Waals surface area contributed by atoms with Crippen molar-refractivity contribution < 1.29 is 0 Å². The summed E-state index contributed by atoms with van der Waals surface area (Å²) in [7, 11) is 0. The van der Waals surface area contributed by atoms with Gasteiger partial charge in [-0.05, 0) is 43.7 Å². The Morgan fingerprint density at radius 2 is 2.10 bits per heavy atom. The fourth-order valence-electron chi connectivity index (χ4n) is 2.52. The third-order valence-corrected chi connectivity index (χ3v) is 3.63. The molecule has 0 spiro atoms. The summed E-state index contributed by atoms with van der Waals surface area (Å²) in [5.74, 6) is 0. The molecule has 3 rings (SSSR count). The first-order valence-electron chi connectivity index (χ1n) is 7.38. The molecule has 21 heavy (non-hydrogen) atoms. The smallest absolute Gasteiger partial charge is 0.0712 e. The van der Waals surface area contributed by atoms with Gasteiger partial charge in [-0.3, -0.25) is 4.98 Å². The zero-order chi connectivity index (χ0) is 14.7. The number of nitrogens with one attached hydrogen (secondary N) is 1. The zero-order valence-electron chi connectivity index (χ0n) is 12.5. The first-order chi connectivity index (χ1) is 10.3. The van der Waals surface area contributed by atoms with E-state index in [4.69, 9.17) is 0 Å². The molecule has 3 heterocycles. The van der Waals surface area contributed by atoms with E-state index in [-0.39, 0.29) is 6.04 Å². The normalized spacial score (nSPS) is 12.7. The number of fused-ring (bicyclic) bond motifs is 1. The number of nitrogens with zero attached hydrogens (tertiary/aromatic N) is 3. The molecule has 1 N–H and O–H groups in total. The molecule has 0 amide bonds. The maximum Gasteiger partial charge on any atom is 0.0712 e. The lowest BCUT2D eigenvalue weighted by atomic mass is 10.0. The van der Waals surface area contributed by atoms with Gasteiger partial charge in [0.2, 0.25) is 0 Å². The van der Waals surface area contributed by atoms with Crippen LogP contribution in [-0.4, -0.2) is 21.1 Å². The summed E-state index contributed by atoms with van der Waals surface area (Å²) in [5.41, 5.74) is 4.53. The average molecular weight is 280 g/mol. The molecule has 0 radical (unpaired) electrons. The van der Waals surface area contributed by atoms with Gasteiger partial charge in [-0.25, -0.2) is 4.52 Å². The third kappa shape index (κ3) is 2.81. The molecule has 1 unspecified atom stereocenters. The lowest BCUT2D eigenvalue weighted by molar-refractivity contribution is 0.599. The zero-order valence-corrected chi connectivity index (χ0v) is 12.5. The van der Waals surface area contributed by atoms with Crippen molar-refractivity contribution in [3.63, 3.8) is 0 Å². The largest absolute Gasteiger partial charge is 0.306 e. The molecular weight excluding hydrogens is 260 g/mol. The maximum absolute atomic E-state index is 4.45. The van der Waals surface area contributed by atoms with Gasteiger partial charge >= 0.3 is 0 Å². The molecule has 108 valence electrons. The molecule has 0 aliphatic carbocycles. The third-order valence-electron chi connectivity index (χ3n) is 3.63. The summed E-state index contributed by atoms with van der Waals surface area (Å²) in [6.07, 6.45) is 6.97. The van der Waals surface area contributed by atoms with Gasteiger partial charge < -0.3 is 5.32 Å². The predicted octanol–water partition coefficient (Wildman–Crippen LogP) is 3.13. The van der Waals surface area contributed by atoms with E-state index in [1.165, 1.54) is 11.1 Å². The topological polar surface area (TPSA) is 42.2 Å². The van der Waals surface area contributed by atoms with E-state index in [1.807, 2.05) is 42.2 Å². The van der Waals surface area contributed by atoms with Crippen LogP contribution in [0.5, 0.6) is 0 Å². The Morgan fingerprint density at radius 3 is 2.86 bits per heavy atom. The molecular formula is C17H20N4. The quantitative estimate of drug-likeness (QED) is 0.780. The Morgan fingerprint density at radius 1 is 1.19 bits per heavy atom. The van der Waals surface area contributed by atoms with E-state index in [1.54, 1.807) is 0 Å². The van der Waals surface area contributed by atoms with Crippen LogP contribution in [0.1, 0.15) is 36.2 Å². The molecule has 4 heteroatoms. The number of rotatable bonds is 5. The second kappa shape index (κ2) is 6.06. The van der Waals surface area contributed by atoms with Gasteiger partial charge in [-0.2, -0.15) is 5.10 Å². The Balaban J connectivity index is 2.04. The number of aromatic nitrogens is 3. The Hall–Kier alpha value is -2.20. The monoisotopic (exact) mass is 280 g/mol. The standard InChI is InChI=1S/C17H20N4/c1-3-9-18-17(14-8-7-13(2)19-11-14)15-12-20-21-10-5-4-6-16(15)21/h4-8,10-12,17-18H,3,9H2,1-2H3.